The maximum atomic E-state index is 13.1. The van der Waals surface area contributed by atoms with Crippen LogP contribution in [0.4, 0.5) is 8.28 Å². The van der Waals surface area contributed by atoms with E-state index in [1.807, 2.05) is 0 Å². The lowest BCUT2D eigenvalue weighted by Crippen LogP contribution is -2.17. The Kier molecular flexibility index (Phi) is 4.07. The summed E-state index contributed by atoms with van der Waals surface area (Å²) in [6, 6.07) is 8.99. The molecule has 0 atom stereocenters. The molecule has 0 unspecified atom stereocenters. The SMILES string of the molecule is N=Cn1cc(-c2cn(SF)nc2-c2ccc(F)cc2)ccc1=N. The predicted octanol–water partition coefficient (Wildman–Crippen LogP) is 3.47. The third-order valence-electron chi connectivity index (χ3n) is 3.31. The average molecular weight is 331 g/mol. The predicted molar refractivity (Wildman–Crippen MR) is 85.2 cm³/mol. The van der Waals surface area contributed by atoms with Gasteiger partial charge in [0.15, 0.2) is 12.3 Å². The van der Waals surface area contributed by atoms with Gasteiger partial charge in [-0.05, 0) is 36.4 Å². The summed E-state index contributed by atoms with van der Waals surface area (Å²) < 4.78 is 28.4. The van der Waals surface area contributed by atoms with Crippen molar-refractivity contribution in [1.29, 1.82) is 10.8 Å². The summed E-state index contributed by atoms with van der Waals surface area (Å²) in [6.45, 7) is 0. The van der Waals surface area contributed by atoms with Gasteiger partial charge in [-0.25, -0.2) is 4.39 Å². The highest BCUT2D eigenvalue weighted by Crippen LogP contribution is 2.32. The number of benzene rings is 1. The second-order valence-corrected chi connectivity index (χ2v) is 5.22. The summed E-state index contributed by atoms with van der Waals surface area (Å²) in [5.74, 6) is -0.366. The van der Waals surface area contributed by atoms with Crippen molar-refractivity contribution in [2.75, 3.05) is 0 Å². The molecule has 23 heavy (non-hydrogen) atoms. The first-order valence-corrected chi connectivity index (χ1v) is 7.22. The van der Waals surface area contributed by atoms with Gasteiger partial charge in [0.25, 0.3) is 0 Å². The molecule has 116 valence electrons. The van der Waals surface area contributed by atoms with Gasteiger partial charge in [-0.3, -0.25) is 15.4 Å². The zero-order valence-electron chi connectivity index (χ0n) is 11.7. The maximum absolute atomic E-state index is 13.1. The van der Waals surface area contributed by atoms with Gasteiger partial charge in [0.1, 0.15) is 17.0 Å². The molecule has 0 spiro atoms. The topological polar surface area (TPSA) is 70.5 Å². The van der Waals surface area contributed by atoms with Crippen LogP contribution in [-0.2, 0) is 0 Å². The second-order valence-electron chi connectivity index (χ2n) is 4.71. The Labute approximate surface area is 134 Å². The highest BCUT2D eigenvalue weighted by atomic mass is 32.2. The van der Waals surface area contributed by atoms with E-state index >= 15 is 0 Å². The Morgan fingerprint density at radius 1 is 1.04 bits per heavy atom. The molecule has 0 saturated carbocycles. The molecule has 2 aromatic heterocycles. The number of nitrogens with zero attached hydrogens (tertiary/aromatic N) is 3. The van der Waals surface area contributed by atoms with Crippen LogP contribution in [0.2, 0.25) is 0 Å². The third kappa shape index (κ3) is 2.93. The first-order valence-electron chi connectivity index (χ1n) is 6.55. The van der Waals surface area contributed by atoms with Crippen LogP contribution in [0.5, 0.6) is 0 Å². The minimum atomic E-state index is -0.366. The van der Waals surface area contributed by atoms with Crippen LogP contribution >= 0.6 is 12.3 Å². The van der Waals surface area contributed by atoms with E-state index in [0.29, 0.717) is 22.4 Å². The summed E-state index contributed by atoms with van der Waals surface area (Å²) in [5, 5.41) is 19.2. The molecule has 0 fully saturated rings. The fourth-order valence-electron chi connectivity index (χ4n) is 2.20. The molecule has 5 nitrogen and oxygen atoms in total. The Balaban J connectivity index is 2.19. The van der Waals surface area contributed by atoms with Gasteiger partial charge in [0.05, 0.1) is 6.34 Å². The molecule has 0 saturated heterocycles. The van der Waals surface area contributed by atoms with Crippen molar-refractivity contribution in [2.24, 2.45) is 0 Å². The van der Waals surface area contributed by atoms with Crippen molar-refractivity contribution in [3.63, 3.8) is 0 Å². The number of aromatic nitrogens is 3. The molecule has 0 aliphatic carbocycles. The summed E-state index contributed by atoms with van der Waals surface area (Å²) in [4.78, 5) is 0. The van der Waals surface area contributed by atoms with E-state index in [1.54, 1.807) is 24.4 Å². The van der Waals surface area contributed by atoms with Crippen molar-refractivity contribution in [1.82, 2.24) is 13.8 Å². The van der Waals surface area contributed by atoms with E-state index in [9.17, 15) is 8.28 Å². The molecule has 0 aliphatic rings. The highest BCUT2D eigenvalue weighted by molar-refractivity contribution is 7.92. The largest absolute Gasteiger partial charge is 0.292 e. The number of hydrogen-bond donors (Lipinski definition) is 2. The van der Waals surface area contributed by atoms with Crippen LogP contribution in [0, 0.1) is 16.6 Å². The van der Waals surface area contributed by atoms with Crippen LogP contribution < -0.4 is 5.49 Å². The second kappa shape index (κ2) is 6.17. The molecule has 1 aromatic carbocycles. The van der Waals surface area contributed by atoms with E-state index in [-0.39, 0.29) is 23.6 Å². The monoisotopic (exact) mass is 331 g/mol. The van der Waals surface area contributed by atoms with E-state index < -0.39 is 0 Å². The Morgan fingerprint density at radius 3 is 2.39 bits per heavy atom. The maximum Gasteiger partial charge on any atom is 0.187 e. The molecule has 2 N–H and O–H groups in total. The molecule has 3 aromatic rings. The highest BCUT2D eigenvalue weighted by Gasteiger charge is 2.14. The summed E-state index contributed by atoms with van der Waals surface area (Å²) in [6.07, 6.45) is 4.11. The third-order valence-corrected chi connectivity index (χ3v) is 3.64. The smallest absolute Gasteiger partial charge is 0.187 e. The van der Waals surface area contributed by atoms with Crippen molar-refractivity contribution in [3.8, 4) is 22.4 Å². The fraction of sp³-hybridized carbons (Fsp3) is 0. The van der Waals surface area contributed by atoms with E-state index in [0.717, 1.165) is 10.4 Å². The molecular formula is C15H11F2N5S. The zero-order valence-corrected chi connectivity index (χ0v) is 12.5. The lowest BCUT2D eigenvalue weighted by molar-refractivity contribution is 0.628. The van der Waals surface area contributed by atoms with Gasteiger partial charge < -0.3 is 0 Å². The first-order chi connectivity index (χ1) is 11.1. The molecular weight excluding hydrogens is 320 g/mol. The lowest BCUT2D eigenvalue weighted by Gasteiger charge is -2.05. The number of rotatable bonds is 4. The Morgan fingerprint density at radius 2 is 1.74 bits per heavy atom. The van der Waals surface area contributed by atoms with Crippen LogP contribution in [0.1, 0.15) is 0 Å². The summed E-state index contributed by atoms with van der Waals surface area (Å²) in [5.41, 5.74) is 2.58. The van der Waals surface area contributed by atoms with Crippen molar-refractivity contribution < 1.29 is 8.28 Å². The standard InChI is InChI=1S/C15H11F2N5S/c16-12-4-1-10(2-5-12)15-13(8-22(20-15)23-17)11-3-6-14(19)21(7-11)9-18/h1-9,18-19H. The van der Waals surface area contributed by atoms with Crippen molar-refractivity contribution >= 4 is 18.7 Å². The molecule has 0 amide bonds. The molecule has 0 radical (unpaired) electrons. The van der Waals surface area contributed by atoms with Gasteiger partial charge in [0, 0.05) is 29.1 Å². The van der Waals surface area contributed by atoms with Crippen LogP contribution in [0.3, 0.4) is 0 Å². The normalized spacial score (nSPS) is 10.7. The number of halogens is 2. The molecule has 2 heterocycles. The first kappa shape index (κ1) is 15.2. The van der Waals surface area contributed by atoms with Gasteiger partial charge in [-0.2, -0.15) is 9.19 Å². The molecule has 0 bridgehead atoms. The van der Waals surface area contributed by atoms with E-state index in [2.05, 4.69) is 5.10 Å². The van der Waals surface area contributed by atoms with Crippen molar-refractivity contribution in [3.05, 3.63) is 60.1 Å². The van der Waals surface area contributed by atoms with Gasteiger partial charge >= 0.3 is 0 Å². The number of hydrogen-bond acceptors (Lipinski definition) is 4. The fourth-order valence-corrected chi connectivity index (χ4v) is 2.46. The Hall–Kier alpha value is -2.74. The van der Waals surface area contributed by atoms with Crippen LogP contribution in [0.25, 0.3) is 22.4 Å². The zero-order chi connectivity index (χ0) is 16.4. The molecule has 3 rings (SSSR count). The van der Waals surface area contributed by atoms with E-state index in [4.69, 9.17) is 10.8 Å². The summed E-state index contributed by atoms with van der Waals surface area (Å²) in [7, 11) is 0. The van der Waals surface area contributed by atoms with Crippen molar-refractivity contribution in [2.45, 2.75) is 0 Å². The van der Waals surface area contributed by atoms with Gasteiger partial charge in [0.2, 0.25) is 0 Å². The summed E-state index contributed by atoms with van der Waals surface area (Å²) >= 11 is -0.0478. The number of nitrogens with one attached hydrogen (secondary N) is 2. The quantitative estimate of drug-likeness (QED) is 0.568. The molecule has 0 aliphatic heterocycles. The Bertz CT molecular complexity index is 914. The lowest BCUT2D eigenvalue weighted by atomic mass is 10.0. The van der Waals surface area contributed by atoms with Gasteiger partial charge in [-0.1, -0.05) is 0 Å². The number of pyridine rings is 1. The minimum absolute atomic E-state index is 0.0478. The minimum Gasteiger partial charge on any atom is -0.292 e. The van der Waals surface area contributed by atoms with Gasteiger partial charge in [-0.15, -0.1) is 3.89 Å². The molecule has 8 heteroatoms. The van der Waals surface area contributed by atoms with Crippen LogP contribution in [0.15, 0.2) is 48.8 Å². The van der Waals surface area contributed by atoms with Crippen LogP contribution in [-0.4, -0.2) is 20.1 Å². The van der Waals surface area contributed by atoms with E-state index in [1.165, 1.54) is 29.0 Å². The average Bonchev–Trinajstić information content (AvgIpc) is 3.00.